The van der Waals surface area contributed by atoms with Gasteiger partial charge in [-0.05, 0) is 68.6 Å². The fourth-order valence-electron chi connectivity index (χ4n) is 6.91. The van der Waals surface area contributed by atoms with Crippen molar-refractivity contribution < 1.29 is 13.2 Å². The first kappa shape index (κ1) is 17.2. The molecule has 138 valence electrons. The van der Waals surface area contributed by atoms with Gasteiger partial charge in [0.2, 0.25) is 0 Å². The van der Waals surface area contributed by atoms with Crippen LogP contribution in [-0.2, 0) is 0 Å². The van der Waals surface area contributed by atoms with E-state index in [4.69, 9.17) is 0 Å². The molecule has 0 aromatic carbocycles. The average molecular weight is 342 g/mol. The summed E-state index contributed by atoms with van der Waals surface area (Å²) in [5.41, 5.74) is 0. The molecule has 0 heterocycles. The summed E-state index contributed by atoms with van der Waals surface area (Å²) < 4.78 is 44.2. The lowest BCUT2D eigenvalue weighted by Gasteiger charge is -2.39. The number of hydrogen-bond acceptors (Lipinski definition) is 0. The third-order valence-corrected chi connectivity index (χ3v) is 8.15. The number of hydrogen-bond donors (Lipinski definition) is 0. The Kier molecular flexibility index (Phi) is 4.90. The third kappa shape index (κ3) is 3.03. The van der Waals surface area contributed by atoms with Crippen LogP contribution in [0.1, 0.15) is 83.5 Å². The van der Waals surface area contributed by atoms with Gasteiger partial charge < -0.3 is 0 Å². The van der Waals surface area contributed by atoms with Crippen LogP contribution in [0.3, 0.4) is 0 Å². The molecule has 4 rings (SSSR count). The summed E-state index contributed by atoms with van der Waals surface area (Å²) in [6.45, 7) is 0. The molecular formula is C21H33F3. The number of fused-ring (bicyclic) bond motifs is 1. The molecule has 4 atom stereocenters. The maximum atomic E-state index is 15.0. The summed E-state index contributed by atoms with van der Waals surface area (Å²) in [6.07, 6.45) is 12.4. The maximum absolute atomic E-state index is 15.0. The SMILES string of the molecule is FC1CCCC2CC(C3CCC(C4CCCCC4)CC3)C(F)(F)C12. The first-order valence-electron chi connectivity index (χ1n) is 10.6. The molecule has 4 unspecified atom stereocenters. The average Bonchev–Trinajstić information content (AvgIpc) is 2.88. The molecule has 0 bridgehead atoms. The molecule has 0 aliphatic heterocycles. The number of halogens is 3. The van der Waals surface area contributed by atoms with Crippen molar-refractivity contribution in [1.82, 2.24) is 0 Å². The Labute approximate surface area is 145 Å². The topological polar surface area (TPSA) is 0 Å². The van der Waals surface area contributed by atoms with E-state index in [-0.39, 0.29) is 11.8 Å². The molecule has 0 N–H and O–H groups in total. The van der Waals surface area contributed by atoms with Crippen molar-refractivity contribution in [3.8, 4) is 0 Å². The summed E-state index contributed by atoms with van der Waals surface area (Å²) in [5.74, 6) is -2.51. The van der Waals surface area contributed by atoms with E-state index in [1.165, 1.54) is 32.1 Å². The molecule has 0 spiro atoms. The molecular weight excluding hydrogens is 309 g/mol. The lowest BCUT2D eigenvalue weighted by atomic mass is 9.68. The second kappa shape index (κ2) is 6.83. The van der Waals surface area contributed by atoms with E-state index in [1.807, 2.05) is 0 Å². The molecule has 4 aliphatic rings. The molecule has 4 saturated carbocycles. The molecule has 0 saturated heterocycles. The molecule has 3 heteroatoms. The summed E-state index contributed by atoms with van der Waals surface area (Å²) >= 11 is 0. The normalized spacial score (nSPS) is 46.6. The zero-order chi connectivity index (χ0) is 16.7. The first-order valence-corrected chi connectivity index (χ1v) is 10.6. The van der Waals surface area contributed by atoms with Crippen molar-refractivity contribution in [1.29, 1.82) is 0 Å². The van der Waals surface area contributed by atoms with Gasteiger partial charge in [-0.1, -0.05) is 38.5 Å². The van der Waals surface area contributed by atoms with Gasteiger partial charge in [-0.15, -0.1) is 0 Å². The Balaban J connectivity index is 1.38. The minimum Gasteiger partial charge on any atom is -0.247 e. The Morgan fingerprint density at radius 2 is 1.17 bits per heavy atom. The van der Waals surface area contributed by atoms with Crippen LogP contribution in [0.25, 0.3) is 0 Å². The zero-order valence-corrected chi connectivity index (χ0v) is 14.9. The second-order valence-electron chi connectivity index (χ2n) is 9.32. The minimum absolute atomic E-state index is 0.0511. The summed E-state index contributed by atoms with van der Waals surface area (Å²) in [4.78, 5) is 0. The monoisotopic (exact) mass is 342 g/mol. The van der Waals surface area contributed by atoms with Crippen LogP contribution in [0.5, 0.6) is 0 Å². The maximum Gasteiger partial charge on any atom is 0.256 e. The van der Waals surface area contributed by atoms with Crippen LogP contribution in [0.2, 0.25) is 0 Å². The first-order chi connectivity index (χ1) is 11.6. The molecule has 0 aromatic heterocycles. The Bertz CT molecular complexity index is 421. The van der Waals surface area contributed by atoms with Crippen molar-refractivity contribution in [2.75, 3.05) is 0 Å². The van der Waals surface area contributed by atoms with E-state index in [0.717, 1.165) is 50.4 Å². The van der Waals surface area contributed by atoms with E-state index in [2.05, 4.69) is 0 Å². The van der Waals surface area contributed by atoms with Gasteiger partial charge in [-0.25, -0.2) is 13.2 Å². The van der Waals surface area contributed by atoms with Crippen LogP contribution < -0.4 is 0 Å². The summed E-state index contributed by atoms with van der Waals surface area (Å²) in [5, 5.41) is 0. The Morgan fingerprint density at radius 1 is 0.583 bits per heavy atom. The highest BCUT2D eigenvalue weighted by atomic mass is 19.3. The molecule has 24 heavy (non-hydrogen) atoms. The molecule has 0 nitrogen and oxygen atoms in total. The Hall–Kier alpha value is -0.210. The van der Waals surface area contributed by atoms with Crippen molar-refractivity contribution in [2.45, 2.75) is 95.6 Å². The van der Waals surface area contributed by atoms with Crippen LogP contribution in [-0.4, -0.2) is 12.1 Å². The number of rotatable bonds is 2. The van der Waals surface area contributed by atoms with E-state index in [9.17, 15) is 13.2 Å². The number of alkyl halides is 3. The molecule has 0 radical (unpaired) electrons. The largest absolute Gasteiger partial charge is 0.256 e. The predicted octanol–water partition coefficient (Wildman–Crippen LogP) is 6.78. The standard InChI is InChI=1S/C21H33F3/c22-19-8-4-7-17-13-18(21(23,24)20(17)19)16-11-9-15(10-12-16)14-5-2-1-3-6-14/h14-20H,1-13H2. The van der Waals surface area contributed by atoms with Gasteiger partial charge in [-0.2, -0.15) is 0 Å². The van der Waals surface area contributed by atoms with Gasteiger partial charge in [0, 0.05) is 5.92 Å². The zero-order valence-electron chi connectivity index (χ0n) is 14.9. The Morgan fingerprint density at radius 3 is 1.83 bits per heavy atom. The highest BCUT2D eigenvalue weighted by Crippen LogP contribution is 2.59. The quantitative estimate of drug-likeness (QED) is 0.518. The lowest BCUT2D eigenvalue weighted by molar-refractivity contribution is -0.128. The van der Waals surface area contributed by atoms with E-state index < -0.39 is 23.9 Å². The van der Waals surface area contributed by atoms with E-state index in [0.29, 0.717) is 12.8 Å². The summed E-state index contributed by atoms with van der Waals surface area (Å²) in [6, 6.07) is 0. The van der Waals surface area contributed by atoms with E-state index in [1.54, 1.807) is 0 Å². The van der Waals surface area contributed by atoms with Crippen molar-refractivity contribution in [2.24, 2.45) is 35.5 Å². The van der Waals surface area contributed by atoms with Crippen LogP contribution in [0.4, 0.5) is 13.2 Å². The highest BCUT2D eigenvalue weighted by molar-refractivity contribution is 5.04. The van der Waals surface area contributed by atoms with Gasteiger partial charge >= 0.3 is 0 Å². The second-order valence-corrected chi connectivity index (χ2v) is 9.32. The van der Waals surface area contributed by atoms with Gasteiger partial charge in [0.25, 0.3) is 5.92 Å². The van der Waals surface area contributed by atoms with Crippen molar-refractivity contribution >= 4 is 0 Å². The van der Waals surface area contributed by atoms with Gasteiger partial charge in [0.1, 0.15) is 6.17 Å². The lowest BCUT2D eigenvalue weighted by Crippen LogP contribution is -2.42. The van der Waals surface area contributed by atoms with Crippen LogP contribution >= 0.6 is 0 Å². The van der Waals surface area contributed by atoms with E-state index >= 15 is 0 Å². The smallest absolute Gasteiger partial charge is 0.247 e. The van der Waals surface area contributed by atoms with Crippen LogP contribution in [0.15, 0.2) is 0 Å². The summed E-state index contributed by atoms with van der Waals surface area (Å²) in [7, 11) is 0. The fourth-order valence-corrected chi connectivity index (χ4v) is 6.91. The van der Waals surface area contributed by atoms with Crippen LogP contribution in [0, 0.1) is 35.5 Å². The van der Waals surface area contributed by atoms with Gasteiger partial charge in [-0.3, -0.25) is 0 Å². The molecule has 4 fully saturated rings. The third-order valence-electron chi connectivity index (χ3n) is 8.15. The van der Waals surface area contributed by atoms with Crippen molar-refractivity contribution in [3.63, 3.8) is 0 Å². The molecule has 0 amide bonds. The van der Waals surface area contributed by atoms with Gasteiger partial charge in [0.05, 0.1) is 5.92 Å². The fraction of sp³-hybridized carbons (Fsp3) is 1.00. The minimum atomic E-state index is -2.76. The predicted molar refractivity (Wildman–Crippen MR) is 90.8 cm³/mol. The van der Waals surface area contributed by atoms with Gasteiger partial charge in [0.15, 0.2) is 0 Å². The molecule has 0 aromatic rings. The van der Waals surface area contributed by atoms with Crippen molar-refractivity contribution in [3.05, 3.63) is 0 Å². The highest BCUT2D eigenvalue weighted by Gasteiger charge is 2.62. The molecule has 4 aliphatic carbocycles.